The first kappa shape index (κ1) is 9.62. The minimum Gasteiger partial charge on any atom is -0.274 e. The highest BCUT2D eigenvalue weighted by Gasteiger charge is 1.98. The van der Waals surface area contributed by atoms with Crippen molar-refractivity contribution in [1.29, 1.82) is 0 Å². The van der Waals surface area contributed by atoms with Gasteiger partial charge >= 0.3 is 0 Å². The fourth-order valence-electron chi connectivity index (χ4n) is 1.19. The lowest BCUT2D eigenvalue weighted by Crippen LogP contribution is -1.90. The molecule has 0 heterocycles. The van der Waals surface area contributed by atoms with Crippen LogP contribution in [-0.4, -0.2) is 0 Å². The highest BCUT2D eigenvalue weighted by molar-refractivity contribution is 7.97. The third kappa shape index (κ3) is 2.54. The molecule has 0 fully saturated rings. The molecule has 0 atom stereocenters. The first-order valence-electron chi connectivity index (χ1n) is 4.33. The zero-order valence-electron chi connectivity index (χ0n) is 7.42. The molecule has 0 radical (unpaired) electrons. The fraction of sp³-hybridized carbons (Fsp3) is 0.400. The molecule has 0 unspecified atom stereocenters. The standard InChI is InChI=1S/C10H15NS/c1-2-3-6-9-7-4-5-8-10(9)12-11/h4-5,7-8H,2-3,6,11H2,1H3. The van der Waals surface area contributed by atoms with Crippen LogP contribution in [0.1, 0.15) is 25.3 Å². The monoisotopic (exact) mass is 181 g/mol. The SMILES string of the molecule is CCCCc1ccccc1SN. The summed E-state index contributed by atoms with van der Waals surface area (Å²) in [6.45, 7) is 2.21. The second kappa shape index (κ2) is 5.22. The van der Waals surface area contributed by atoms with E-state index in [-0.39, 0.29) is 0 Å². The van der Waals surface area contributed by atoms with E-state index in [1.165, 1.54) is 35.2 Å². The Labute approximate surface area is 78.5 Å². The number of hydrogen-bond donors (Lipinski definition) is 1. The van der Waals surface area contributed by atoms with Gasteiger partial charge in [0.15, 0.2) is 0 Å². The number of nitrogens with two attached hydrogens (primary N) is 1. The third-order valence-electron chi connectivity index (χ3n) is 1.90. The predicted octanol–water partition coefficient (Wildman–Crippen LogP) is 3.00. The largest absolute Gasteiger partial charge is 0.274 e. The van der Waals surface area contributed by atoms with Crippen LogP contribution in [0.2, 0.25) is 0 Å². The maximum Gasteiger partial charge on any atom is 0.0257 e. The normalized spacial score (nSPS) is 10.2. The number of aryl methyl sites for hydroxylation is 1. The maximum absolute atomic E-state index is 5.54. The van der Waals surface area contributed by atoms with Crippen molar-refractivity contribution < 1.29 is 0 Å². The first-order valence-corrected chi connectivity index (χ1v) is 5.21. The molecule has 0 bridgehead atoms. The molecule has 0 saturated heterocycles. The molecule has 2 N–H and O–H groups in total. The molecule has 1 aromatic carbocycles. The van der Waals surface area contributed by atoms with E-state index in [1.54, 1.807) is 0 Å². The van der Waals surface area contributed by atoms with Gasteiger partial charge in [-0.25, -0.2) is 0 Å². The van der Waals surface area contributed by atoms with Crippen LogP contribution >= 0.6 is 11.9 Å². The molecule has 0 aliphatic carbocycles. The highest BCUT2D eigenvalue weighted by atomic mass is 32.2. The molecular formula is C10H15NS. The summed E-state index contributed by atoms with van der Waals surface area (Å²) in [5.41, 5.74) is 1.38. The van der Waals surface area contributed by atoms with Crippen molar-refractivity contribution in [2.75, 3.05) is 0 Å². The molecule has 0 aliphatic heterocycles. The van der Waals surface area contributed by atoms with Gasteiger partial charge in [0.2, 0.25) is 0 Å². The van der Waals surface area contributed by atoms with E-state index in [2.05, 4.69) is 25.1 Å². The Hall–Kier alpha value is -0.470. The Morgan fingerprint density at radius 1 is 1.33 bits per heavy atom. The van der Waals surface area contributed by atoms with Crippen LogP contribution in [0.15, 0.2) is 29.2 Å². The van der Waals surface area contributed by atoms with Crippen molar-refractivity contribution in [3.8, 4) is 0 Å². The average Bonchev–Trinajstić information content (AvgIpc) is 2.15. The van der Waals surface area contributed by atoms with Crippen molar-refractivity contribution >= 4 is 11.9 Å². The van der Waals surface area contributed by atoms with E-state index in [9.17, 15) is 0 Å². The van der Waals surface area contributed by atoms with Gasteiger partial charge in [-0.05, 0) is 36.4 Å². The summed E-state index contributed by atoms with van der Waals surface area (Å²) in [6, 6.07) is 8.34. The summed E-state index contributed by atoms with van der Waals surface area (Å²) in [5, 5.41) is 5.54. The van der Waals surface area contributed by atoms with Crippen molar-refractivity contribution in [3.05, 3.63) is 29.8 Å². The smallest absolute Gasteiger partial charge is 0.0257 e. The predicted molar refractivity (Wildman–Crippen MR) is 55.1 cm³/mol. The Bertz CT molecular complexity index is 235. The zero-order chi connectivity index (χ0) is 8.81. The quantitative estimate of drug-likeness (QED) is 0.723. The first-order chi connectivity index (χ1) is 5.88. The Kier molecular flexibility index (Phi) is 4.19. The summed E-state index contributed by atoms with van der Waals surface area (Å²) < 4.78 is 0. The van der Waals surface area contributed by atoms with Crippen LogP contribution in [0.5, 0.6) is 0 Å². The van der Waals surface area contributed by atoms with E-state index in [1.807, 2.05) is 6.07 Å². The maximum atomic E-state index is 5.54. The van der Waals surface area contributed by atoms with Gasteiger partial charge in [0, 0.05) is 4.90 Å². The third-order valence-corrected chi connectivity index (χ3v) is 2.55. The van der Waals surface area contributed by atoms with Crippen LogP contribution in [-0.2, 0) is 6.42 Å². The minimum absolute atomic E-state index is 1.15. The number of hydrogen-bond acceptors (Lipinski definition) is 2. The van der Waals surface area contributed by atoms with E-state index in [0.717, 1.165) is 6.42 Å². The van der Waals surface area contributed by atoms with Crippen LogP contribution in [0, 0.1) is 0 Å². The molecule has 0 spiro atoms. The van der Waals surface area contributed by atoms with Gasteiger partial charge < -0.3 is 0 Å². The Morgan fingerprint density at radius 2 is 2.08 bits per heavy atom. The highest BCUT2D eigenvalue weighted by Crippen LogP contribution is 2.19. The molecule has 1 nitrogen and oxygen atoms in total. The lowest BCUT2D eigenvalue weighted by atomic mass is 10.1. The van der Waals surface area contributed by atoms with Gasteiger partial charge in [0.25, 0.3) is 0 Å². The summed E-state index contributed by atoms with van der Waals surface area (Å²) in [4.78, 5) is 1.21. The zero-order valence-corrected chi connectivity index (χ0v) is 8.23. The molecule has 0 aromatic heterocycles. The molecule has 66 valence electrons. The second-order valence-corrected chi connectivity index (χ2v) is 3.50. The Balaban J connectivity index is 2.68. The molecule has 0 saturated carbocycles. The van der Waals surface area contributed by atoms with Crippen molar-refractivity contribution in [2.45, 2.75) is 31.1 Å². The molecule has 2 heteroatoms. The van der Waals surface area contributed by atoms with Crippen LogP contribution < -0.4 is 5.14 Å². The molecular weight excluding hydrogens is 166 g/mol. The molecule has 12 heavy (non-hydrogen) atoms. The topological polar surface area (TPSA) is 26.0 Å². The van der Waals surface area contributed by atoms with Crippen LogP contribution in [0.25, 0.3) is 0 Å². The van der Waals surface area contributed by atoms with Gasteiger partial charge in [0.05, 0.1) is 0 Å². The van der Waals surface area contributed by atoms with E-state index < -0.39 is 0 Å². The van der Waals surface area contributed by atoms with Crippen molar-refractivity contribution in [1.82, 2.24) is 0 Å². The second-order valence-electron chi connectivity index (χ2n) is 2.83. The average molecular weight is 181 g/mol. The molecule has 0 amide bonds. The lowest BCUT2D eigenvalue weighted by molar-refractivity contribution is 0.785. The lowest BCUT2D eigenvalue weighted by Gasteiger charge is -2.04. The van der Waals surface area contributed by atoms with E-state index >= 15 is 0 Å². The van der Waals surface area contributed by atoms with Gasteiger partial charge in [-0.15, -0.1) is 0 Å². The molecule has 1 aromatic rings. The van der Waals surface area contributed by atoms with Crippen molar-refractivity contribution in [3.63, 3.8) is 0 Å². The summed E-state index contributed by atoms with van der Waals surface area (Å²) >= 11 is 1.35. The Morgan fingerprint density at radius 3 is 2.75 bits per heavy atom. The summed E-state index contributed by atoms with van der Waals surface area (Å²) in [6.07, 6.45) is 3.64. The minimum atomic E-state index is 1.15. The molecule has 0 aliphatic rings. The van der Waals surface area contributed by atoms with Crippen molar-refractivity contribution in [2.24, 2.45) is 5.14 Å². The van der Waals surface area contributed by atoms with Crippen LogP contribution in [0.3, 0.4) is 0 Å². The number of benzene rings is 1. The van der Waals surface area contributed by atoms with E-state index in [0.29, 0.717) is 0 Å². The van der Waals surface area contributed by atoms with Gasteiger partial charge in [-0.2, -0.15) is 0 Å². The fourth-order valence-corrected chi connectivity index (χ4v) is 1.67. The van der Waals surface area contributed by atoms with Crippen LogP contribution in [0.4, 0.5) is 0 Å². The van der Waals surface area contributed by atoms with E-state index in [4.69, 9.17) is 5.14 Å². The van der Waals surface area contributed by atoms with Gasteiger partial charge in [-0.1, -0.05) is 31.5 Å². The number of rotatable bonds is 4. The van der Waals surface area contributed by atoms with Gasteiger partial charge in [-0.3, -0.25) is 5.14 Å². The van der Waals surface area contributed by atoms with Gasteiger partial charge in [0.1, 0.15) is 0 Å². The number of unbranched alkanes of at least 4 members (excludes halogenated alkanes) is 1. The summed E-state index contributed by atoms with van der Waals surface area (Å²) in [5.74, 6) is 0. The molecule has 1 rings (SSSR count). The summed E-state index contributed by atoms with van der Waals surface area (Å²) in [7, 11) is 0.